The topological polar surface area (TPSA) is 78.3 Å². The van der Waals surface area contributed by atoms with E-state index in [9.17, 15) is 4.79 Å². The van der Waals surface area contributed by atoms with Crippen molar-refractivity contribution in [2.75, 3.05) is 32.6 Å². The van der Waals surface area contributed by atoms with E-state index < -0.39 is 0 Å². The van der Waals surface area contributed by atoms with Gasteiger partial charge in [-0.25, -0.2) is 0 Å². The predicted molar refractivity (Wildman–Crippen MR) is 97.8 cm³/mol. The summed E-state index contributed by atoms with van der Waals surface area (Å²) in [7, 11) is 3.52. The Morgan fingerprint density at radius 3 is 2.96 bits per heavy atom. The van der Waals surface area contributed by atoms with Gasteiger partial charge in [0.1, 0.15) is 5.75 Å². The Morgan fingerprint density at radius 1 is 1.36 bits per heavy atom. The molecule has 0 saturated carbocycles. The van der Waals surface area contributed by atoms with Crippen molar-refractivity contribution in [3.8, 4) is 17.1 Å². The average Bonchev–Trinajstić information content (AvgIpc) is 3.00. The number of hydrogen-bond acceptors (Lipinski definition) is 6. The maximum Gasteiger partial charge on any atom is 0.230 e. The van der Waals surface area contributed by atoms with Gasteiger partial charge in [0, 0.05) is 32.4 Å². The number of amides is 1. The van der Waals surface area contributed by atoms with Crippen LogP contribution in [0.2, 0.25) is 0 Å². The van der Waals surface area contributed by atoms with E-state index in [1.807, 2.05) is 42.8 Å². The average molecular weight is 364 g/mol. The van der Waals surface area contributed by atoms with Crippen molar-refractivity contribution in [3.05, 3.63) is 24.3 Å². The summed E-state index contributed by atoms with van der Waals surface area (Å²) in [6.45, 7) is 3.94. The highest BCUT2D eigenvalue weighted by Gasteiger charge is 2.13. The van der Waals surface area contributed by atoms with Gasteiger partial charge in [0.25, 0.3) is 0 Å². The molecule has 0 radical (unpaired) electrons. The van der Waals surface area contributed by atoms with Gasteiger partial charge in [-0.15, -0.1) is 10.2 Å². The number of benzene rings is 1. The molecule has 0 atom stereocenters. The van der Waals surface area contributed by atoms with E-state index in [0.29, 0.717) is 30.7 Å². The summed E-state index contributed by atoms with van der Waals surface area (Å²) in [5, 5.41) is 12.0. The van der Waals surface area contributed by atoms with Crippen molar-refractivity contribution in [1.82, 2.24) is 20.1 Å². The molecule has 0 aliphatic carbocycles. The van der Waals surface area contributed by atoms with Crippen LogP contribution in [0.3, 0.4) is 0 Å². The van der Waals surface area contributed by atoms with E-state index in [4.69, 9.17) is 9.47 Å². The van der Waals surface area contributed by atoms with Crippen LogP contribution in [0, 0.1) is 0 Å². The first-order chi connectivity index (χ1) is 12.2. The first-order valence-electron chi connectivity index (χ1n) is 8.16. The third kappa shape index (κ3) is 5.75. The van der Waals surface area contributed by atoms with Crippen molar-refractivity contribution in [2.45, 2.75) is 18.5 Å². The second-order valence-electron chi connectivity index (χ2n) is 5.29. The van der Waals surface area contributed by atoms with Crippen molar-refractivity contribution in [3.63, 3.8) is 0 Å². The van der Waals surface area contributed by atoms with Gasteiger partial charge >= 0.3 is 0 Å². The van der Waals surface area contributed by atoms with Crippen LogP contribution in [0.25, 0.3) is 11.4 Å². The lowest BCUT2D eigenvalue weighted by Gasteiger charge is -2.06. The Balaban J connectivity index is 1.87. The van der Waals surface area contributed by atoms with Crippen molar-refractivity contribution in [2.24, 2.45) is 7.05 Å². The lowest BCUT2D eigenvalue weighted by Crippen LogP contribution is -2.27. The molecule has 0 aliphatic heterocycles. The summed E-state index contributed by atoms with van der Waals surface area (Å²) in [5.74, 6) is 1.78. The number of carbonyl (C=O) groups is 1. The number of methoxy groups -OCH3 is 1. The van der Waals surface area contributed by atoms with E-state index >= 15 is 0 Å². The molecule has 1 aromatic heterocycles. The fourth-order valence-corrected chi connectivity index (χ4v) is 2.92. The molecule has 2 rings (SSSR count). The van der Waals surface area contributed by atoms with E-state index in [0.717, 1.165) is 23.6 Å². The summed E-state index contributed by atoms with van der Waals surface area (Å²) >= 11 is 1.36. The van der Waals surface area contributed by atoms with Crippen LogP contribution < -0.4 is 10.1 Å². The van der Waals surface area contributed by atoms with E-state index in [2.05, 4.69) is 15.5 Å². The molecule has 0 unspecified atom stereocenters. The first kappa shape index (κ1) is 19.3. The van der Waals surface area contributed by atoms with Gasteiger partial charge in [0.15, 0.2) is 11.0 Å². The first-order valence-corrected chi connectivity index (χ1v) is 9.15. The Labute approximate surface area is 152 Å². The number of aromatic nitrogens is 3. The minimum absolute atomic E-state index is 0.0209. The molecule has 1 amide bonds. The molecule has 0 fully saturated rings. The van der Waals surface area contributed by atoms with Crippen LogP contribution in [-0.4, -0.2) is 53.3 Å². The number of ether oxygens (including phenoxy) is 2. The minimum atomic E-state index is -0.0209. The van der Waals surface area contributed by atoms with Gasteiger partial charge in [-0.1, -0.05) is 23.9 Å². The van der Waals surface area contributed by atoms with Crippen LogP contribution >= 0.6 is 11.8 Å². The predicted octanol–water partition coefficient (Wildman–Crippen LogP) is 2.13. The number of nitrogens with one attached hydrogen (secondary N) is 1. The highest BCUT2D eigenvalue weighted by Crippen LogP contribution is 2.25. The molecule has 0 saturated heterocycles. The maximum absolute atomic E-state index is 11.9. The second kappa shape index (κ2) is 10.0. The van der Waals surface area contributed by atoms with Gasteiger partial charge < -0.3 is 19.4 Å². The molecular formula is C17H24N4O3S. The molecule has 136 valence electrons. The Hall–Kier alpha value is -2.06. The fraction of sp³-hybridized carbons (Fsp3) is 0.471. The highest BCUT2D eigenvalue weighted by atomic mass is 32.2. The molecule has 25 heavy (non-hydrogen) atoms. The molecule has 1 aromatic carbocycles. The number of rotatable bonds is 10. The largest absolute Gasteiger partial charge is 0.497 e. The third-order valence-corrected chi connectivity index (χ3v) is 4.51. The van der Waals surface area contributed by atoms with Crippen molar-refractivity contribution >= 4 is 17.7 Å². The summed E-state index contributed by atoms with van der Waals surface area (Å²) in [6.07, 6.45) is 0.814. The van der Waals surface area contributed by atoms with Crippen LogP contribution in [0.4, 0.5) is 0 Å². The van der Waals surface area contributed by atoms with Gasteiger partial charge in [-0.05, 0) is 25.5 Å². The van der Waals surface area contributed by atoms with Gasteiger partial charge in [-0.3, -0.25) is 4.79 Å². The molecular weight excluding hydrogens is 340 g/mol. The molecule has 0 aliphatic rings. The summed E-state index contributed by atoms with van der Waals surface area (Å²) in [5.41, 5.74) is 0.918. The van der Waals surface area contributed by atoms with Crippen molar-refractivity contribution in [1.29, 1.82) is 0 Å². The lowest BCUT2D eigenvalue weighted by molar-refractivity contribution is -0.118. The molecule has 8 heteroatoms. The number of nitrogens with zero attached hydrogens (tertiary/aromatic N) is 3. The summed E-state index contributed by atoms with van der Waals surface area (Å²) in [6, 6.07) is 7.65. The van der Waals surface area contributed by atoms with Gasteiger partial charge in [0.2, 0.25) is 5.91 Å². The van der Waals surface area contributed by atoms with E-state index in [1.54, 1.807) is 7.11 Å². The van der Waals surface area contributed by atoms with Gasteiger partial charge in [0.05, 0.1) is 12.9 Å². The van der Waals surface area contributed by atoms with Crippen molar-refractivity contribution < 1.29 is 14.3 Å². The van der Waals surface area contributed by atoms with E-state index in [1.165, 1.54) is 11.8 Å². The summed E-state index contributed by atoms with van der Waals surface area (Å²) in [4.78, 5) is 11.9. The standard InChI is InChI=1S/C17H24N4O3S/c1-4-24-10-6-9-18-15(22)12-25-17-20-19-16(21(17)2)13-7-5-8-14(11-13)23-3/h5,7-8,11H,4,6,9-10,12H2,1-3H3,(H,18,22). The van der Waals surface area contributed by atoms with E-state index in [-0.39, 0.29) is 5.91 Å². The number of carbonyl (C=O) groups excluding carboxylic acids is 1. The number of thioether (sulfide) groups is 1. The molecule has 7 nitrogen and oxygen atoms in total. The molecule has 0 bridgehead atoms. The molecule has 2 aromatic rings. The molecule has 1 heterocycles. The van der Waals surface area contributed by atoms with Gasteiger partial charge in [-0.2, -0.15) is 0 Å². The highest BCUT2D eigenvalue weighted by molar-refractivity contribution is 7.99. The monoisotopic (exact) mass is 364 g/mol. The SMILES string of the molecule is CCOCCCNC(=O)CSc1nnc(-c2cccc(OC)c2)n1C. The van der Waals surface area contributed by atoms with Crippen LogP contribution in [-0.2, 0) is 16.6 Å². The van der Waals surface area contributed by atoms with Crippen LogP contribution in [0.1, 0.15) is 13.3 Å². The zero-order valence-electron chi connectivity index (χ0n) is 14.8. The second-order valence-corrected chi connectivity index (χ2v) is 6.23. The Morgan fingerprint density at radius 2 is 2.20 bits per heavy atom. The zero-order valence-corrected chi connectivity index (χ0v) is 15.6. The third-order valence-electron chi connectivity index (χ3n) is 3.49. The number of hydrogen-bond donors (Lipinski definition) is 1. The smallest absolute Gasteiger partial charge is 0.230 e. The fourth-order valence-electron chi connectivity index (χ4n) is 2.18. The zero-order chi connectivity index (χ0) is 18.1. The minimum Gasteiger partial charge on any atom is -0.497 e. The maximum atomic E-state index is 11.9. The molecule has 1 N–H and O–H groups in total. The quantitative estimate of drug-likeness (QED) is 0.514. The Kier molecular flexibility index (Phi) is 7.75. The van der Waals surface area contributed by atoms with Crippen LogP contribution in [0.15, 0.2) is 29.4 Å². The summed E-state index contributed by atoms with van der Waals surface area (Å²) < 4.78 is 12.4. The normalized spacial score (nSPS) is 10.7. The molecule has 0 spiro atoms. The lowest BCUT2D eigenvalue weighted by atomic mass is 10.2. The van der Waals surface area contributed by atoms with Crippen LogP contribution in [0.5, 0.6) is 5.75 Å². The Bertz CT molecular complexity index is 690.